The van der Waals surface area contributed by atoms with Crippen LogP contribution in [0, 0.1) is 20.8 Å². The first-order chi connectivity index (χ1) is 32.4. The monoisotopic (exact) mass is 1110 g/mol. The largest absolute Gasteiger partial charge is 0.442 e. The molecule has 21 nitrogen and oxygen atoms in total. The van der Waals surface area contributed by atoms with Gasteiger partial charge in [0.25, 0.3) is 36.5 Å². The molecule has 0 radical (unpaired) electrons. The lowest BCUT2D eigenvalue weighted by atomic mass is 10.3. The average molecular weight is 1110 g/mol. The van der Waals surface area contributed by atoms with Crippen LogP contribution in [-0.4, -0.2) is 108 Å². The first-order valence-electron chi connectivity index (χ1n) is 19.3. The predicted octanol–water partition coefficient (Wildman–Crippen LogP) is 6.98. The lowest BCUT2D eigenvalue weighted by Crippen LogP contribution is -2.35. The first-order valence-corrected chi connectivity index (χ1v) is 26.2. The molecule has 0 aromatic carbocycles. The van der Waals surface area contributed by atoms with Gasteiger partial charge in [0.1, 0.15) is 30.5 Å². The van der Waals surface area contributed by atoms with Gasteiger partial charge in [0, 0.05) is 34.4 Å². The predicted molar refractivity (Wildman–Crippen MR) is 245 cm³/mol. The van der Waals surface area contributed by atoms with Gasteiger partial charge in [0.15, 0.2) is 15.4 Å². The van der Waals surface area contributed by atoms with Crippen molar-refractivity contribution in [1.29, 1.82) is 0 Å². The summed E-state index contributed by atoms with van der Waals surface area (Å²) in [6.07, 6.45) is -7.47. The van der Waals surface area contributed by atoms with E-state index in [-0.39, 0.29) is 45.2 Å². The van der Waals surface area contributed by atoms with E-state index in [0.29, 0.717) is 52.9 Å². The van der Waals surface area contributed by atoms with Gasteiger partial charge in [-0.05, 0) is 57.2 Å². The Morgan fingerprint density at radius 1 is 0.629 bits per heavy atom. The fourth-order valence-electron chi connectivity index (χ4n) is 5.22. The number of alkyl halides is 6. The minimum Gasteiger partial charge on any atom is -0.442 e. The van der Waals surface area contributed by atoms with E-state index in [2.05, 4.69) is 35.6 Å². The van der Waals surface area contributed by atoms with Crippen LogP contribution < -0.4 is 25.4 Å². The van der Waals surface area contributed by atoms with Crippen LogP contribution in [0.4, 0.5) is 41.7 Å². The molecule has 6 aromatic heterocycles. The molecule has 70 heavy (non-hydrogen) atoms. The molecule has 0 atom stereocenters. The molecule has 0 aliphatic carbocycles. The van der Waals surface area contributed by atoms with Crippen molar-refractivity contribution >= 4 is 97.2 Å². The molecule has 0 bridgehead atoms. The number of carbonyl (C=O) groups excluding carboxylic acids is 3. The van der Waals surface area contributed by atoms with Gasteiger partial charge >= 0.3 is 6.18 Å². The summed E-state index contributed by atoms with van der Waals surface area (Å²) in [5, 5.41) is 7.24. The third kappa shape index (κ3) is 16.0. The fourth-order valence-corrected chi connectivity index (χ4v) is 11.1. The highest BCUT2D eigenvalue weighted by Crippen LogP contribution is 2.37. The van der Waals surface area contributed by atoms with Gasteiger partial charge in [-0.3, -0.25) is 14.4 Å². The maximum absolute atomic E-state index is 12.4. The molecule has 6 heterocycles. The van der Waals surface area contributed by atoms with E-state index in [0.717, 1.165) is 35.8 Å². The summed E-state index contributed by atoms with van der Waals surface area (Å²) in [5.41, 5.74) is 1.62. The van der Waals surface area contributed by atoms with Crippen LogP contribution in [-0.2, 0) is 44.5 Å². The summed E-state index contributed by atoms with van der Waals surface area (Å²) in [6.45, 7) is 5.28. The van der Waals surface area contributed by atoms with E-state index < -0.39 is 72.6 Å². The van der Waals surface area contributed by atoms with E-state index >= 15 is 0 Å². The zero-order valence-corrected chi connectivity index (χ0v) is 42.2. The van der Waals surface area contributed by atoms with Crippen molar-refractivity contribution < 1.29 is 79.2 Å². The average Bonchev–Trinajstić information content (AvgIpc) is 4.09. The van der Waals surface area contributed by atoms with Crippen LogP contribution in [0.1, 0.15) is 37.9 Å². The van der Waals surface area contributed by atoms with Crippen molar-refractivity contribution in [1.82, 2.24) is 28.7 Å². The quantitative estimate of drug-likeness (QED) is 0.0576. The van der Waals surface area contributed by atoms with Gasteiger partial charge in [-0.25, -0.2) is 62.8 Å². The molecule has 0 spiro atoms. The second-order valence-corrected chi connectivity index (χ2v) is 22.3. The number of aryl methyl sites for hydroxylation is 3. The first kappa shape index (κ1) is 57.0. The van der Waals surface area contributed by atoms with Gasteiger partial charge in [-0.2, -0.15) is 17.5 Å². The number of nitrogens with one attached hydrogen (secondary N) is 5. The highest BCUT2D eigenvalue weighted by molar-refractivity contribution is 7.89. The molecule has 0 fully saturated rings. The zero-order valence-electron chi connectivity index (χ0n) is 37.3. The Kier molecular flexibility index (Phi) is 19.2. The Bertz CT molecular complexity index is 3140. The van der Waals surface area contributed by atoms with Crippen LogP contribution in [0.3, 0.4) is 0 Å². The number of carbonyl (C=O) groups is 3. The number of thiazole rings is 3. The number of nitrogens with zero attached hydrogens (tertiary/aromatic N) is 4. The van der Waals surface area contributed by atoms with Crippen LogP contribution in [0.5, 0.6) is 0 Å². The number of sulfonamides is 3. The standard InChI is InChI=1S/C13H14F3N3O4S2.C12H13F2N3O4S2.C12H14FN3O4S2/c1-7-11(24-12(17-7)18-8(2)20)9-4-5-10(23-9)25(21,22)19(3)6-13(14,15)16;1-6-11(22-12(16-6)17-7(2)18)8-3-4-10(21-8)23(19,20)15-5-9(13)14;1-7-11(21-12(15-7)16-8(2)17)9-3-4-10(20-9)22(18,19)14-6-5-13/h4-5H,6H2,1-3H3,(H,17,18,20);3-4,9,15H,5H2,1-2H3,(H,16,17,18);3-4,14H,5-6H2,1-2H3,(H,15,16,17). The summed E-state index contributed by atoms with van der Waals surface area (Å²) in [7, 11) is -11.6. The maximum Gasteiger partial charge on any atom is 0.402 e. The number of amides is 3. The molecule has 6 aromatic rings. The minimum absolute atomic E-state index is 0.130. The number of halogens is 6. The number of hydrogen-bond donors (Lipinski definition) is 5. The Morgan fingerprint density at radius 3 is 1.30 bits per heavy atom. The number of hydrogen-bond acceptors (Lipinski definition) is 18. The minimum atomic E-state index is -4.67. The van der Waals surface area contributed by atoms with Crippen molar-refractivity contribution in [3.05, 3.63) is 53.5 Å². The molecule has 3 amide bonds. The number of rotatable bonds is 17. The molecule has 384 valence electrons. The van der Waals surface area contributed by atoms with Crippen LogP contribution in [0.25, 0.3) is 31.9 Å². The SMILES string of the molecule is CC(=O)Nc1nc(C)c(-c2ccc(S(=O)(=O)N(C)CC(F)(F)F)o2)s1.CC(=O)Nc1nc(C)c(-c2ccc(S(=O)(=O)NCC(F)F)o2)s1.CC(=O)Nc1nc(C)c(-c2ccc(S(=O)(=O)NCCF)o2)s1. The Hall–Kier alpha value is -5.55. The molecular formula is C37H41F6N9O12S6. The molecule has 0 aliphatic rings. The van der Waals surface area contributed by atoms with Gasteiger partial charge < -0.3 is 29.2 Å². The Balaban J connectivity index is 0.000000229. The topological polar surface area (TPSA) is 295 Å². The van der Waals surface area contributed by atoms with Crippen molar-refractivity contribution in [3.8, 4) is 31.9 Å². The van der Waals surface area contributed by atoms with E-state index in [1.54, 1.807) is 25.5 Å². The van der Waals surface area contributed by atoms with Crippen molar-refractivity contribution in [2.45, 2.75) is 69.4 Å². The zero-order chi connectivity index (χ0) is 52.5. The molecule has 6 rings (SSSR count). The van der Waals surface area contributed by atoms with Gasteiger partial charge in [0.05, 0.1) is 38.3 Å². The van der Waals surface area contributed by atoms with Gasteiger partial charge in [-0.1, -0.05) is 34.0 Å². The summed E-state index contributed by atoms with van der Waals surface area (Å²) in [5.74, 6) is -0.203. The van der Waals surface area contributed by atoms with Crippen LogP contribution in [0.2, 0.25) is 0 Å². The summed E-state index contributed by atoms with van der Waals surface area (Å²) in [6, 6.07) is 7.74. The summed E-state index contributed by atoms with van der Waals surface area (Å²) >= 11 is 3.34. The normalized spacial score (nSPS) is 12.0. The van der Waals surface area contributed by atoms with Crippen LogP contribution >= 0.6 is 34.0 Å². The van der Waals surface area contributed by atoms with E-state index in [9.17, 15) is 66.0 Å². The second kappa shape index (κ2) is 23.6. The lowest BCUT2D eigenvalue weighted by Gasteiger charge is -2.16. The summed E-state index contributed by atoms with van der Waals surface area (Å²) in [4.78, 5) is 47.1. The molecule has 0 unspecified atom stereocenters. The maximum atomic E-state index is 12.4. The smallest absolute Gasteiger partial charge is 0.402 e. The fraction of sp³-hybridized carbons (Fsp3) is 0.351. The highest BCUT2D eigenvalue weighted by atomic mass is 32.2. The lowest BCUT2D eigenvalue weighted by molar-refractivity contribution is -0.134. The Labute approximate surface area is 407 Å². The van der Waals surface area contributed by atoms with E-state index in [1.807, 2.05) is 0 Å². The number of aromatic nitrogens is 3. The van der Waals surface area contributed by atoms with Gasteiger partial charge in [0.2, 0.25) is 33.0 Å². The molecule has 5 N–H and O–H groups in total. The molecule has 0 saturated heterocycles. The number of furan rings is 3. The van der Waals surface area contributed by atoms with Gasteiger partial charge in [-0.15, -0.1) is 0 Å². The molecule has 0 saturated carbocycles. The highest BCUT2D eigenvalue weighted by Gasteiger charge is 2.36. The van der Waals surface area contributed by atoms with Crippen molar-refractivity contribution in [3.63, 3.8) is 0 Å². The molecular weight excluding hydrogens is 1070 g/mol. The second-order valence-electron chi connectivity index (χ2n) is 13.9. The van der Waals surface area contributed by atoms with E-state index in [1.165, 1.54) is 62.4 Å². The third-order valence-electron chi connectivity index (χ3n) is 8.06. The van der Waals surface area contributed by atoms with E-state index in [4.69, 9.17) is 13.3 Å². The van der Waals surface area contributed by atoms with Crippen LogP contribution in [0.15, 0.2) is 64.9 Å². The number of anilines is 3. The van der Waals surface area contributed by atoms with Crippen molar-refractivity contribution in [2.75, 3.05) is 49.3 Å². The third-order valence-corrected chi connectivity index (χ3v) is 15.6. The molecule has 33 heteroatoms. The van der Waals surface area contributed by atoms with Crippen molar-refractivity contribution in [2.24, 2.45) is 0 Å². The Morgan fingerprint density at radius 2 is 0.971 bits per heavy atom. The molecule has 0 aliphatic heterocycles. The summed E-state index contributed by atoms with van der Waals surface area (Å²) < 4.78 is 165.